The Hall–Kier alpha value is -1.41. The van der Waals surface area contributed by atoms with Crippen molar-refractivity contribution in [3.8, 4) is 10.6 Å². The summed E-state index contributed by atoms with van der Waals surface area (Å²) in [6.45, 7) is 7.07. The molecule has 0 radical (unpaired) electrons. The molecule has 0 spiro atoms. The minimum Gasteiger partial charge on any atom is -0.481 e. The first-order valence-electron chi connectivity index (χ1n) is 6.75. The Kier molecular flexibility index (Phi) is 5.35. The van der Waals surface area contributed by atoms with E-state index in [9.17, 15) is 4.79 Å². The van der Waals surface area contributed by atoms with Gasteiger partial charge in [-0.25, -0.2) is 0 Å². The molecule has 2 aromatic heterocycles. The molecule has 2 heterocycles. The predicted molar refractivity (Wildman–Crippen MR) is 83.9 cm³/mol. The van der Waals surface area contributed by atoms with Crippen molar-refractivity contribution in [3.05, 3.63) is 11.4 Å². The Balaban J connectivity index is 2.21. The van der Waals surface area contributed by atoms with Crippen molar-refractivity contribution >= 4 is 29.1 Å². The van der Waals surface area contributed by atoms with Gasteiger partial charge in [0.05, 0.1) is 17.0 Å². The maximum Gasteiger partial charge on any atom is 0.313 e. The van der Waals surface area contributed by atoms with Crippen molar-refractivity contribution in [3.63, 3.8) is 0 Å². The summed E-state index contributed by atoms with van der Waals surface area (Å²) in [7, 11) is 0. The molecule has 0 amide bonds. The maximum absolute atomic E-state index is 10.6. The van der Waals surface area contributed by atoms with Crippen LogP contribution in [0.2, 0.25) is 0 Å². The molecule has 0 aliphatic carbocycles. The van der Waals surface area contributed by atoms with E-state index in [1.165, 1.54) is 23.1 Å². The molecule has 0 fully saturated rings. The monoisotopic (exact) mass is 326 g/mol. The molecule has 21 heavy (non-hydrogen) atoms. The van der Waals surface area contributed by atoms with E-state index < -0.39 is 5.97 Å². The van der Waals surface area contributed by atoms with Crippen LogP contribution in [-0.4, -0.2) is 36.8 Å². The third kappa shape index (κ3) is 3.82. The first-order valence-corrected chi connectivity index (χ1v) is 8.55. The number of carbonyl (C=O) groups is 1. The van der Waals surface area contributed by atoms with E-state index in [2.05, 4.69) is 22.2 Å². The van der Waals surface area contributed by atoms with Gasteiger partial charge >= 0.3 is 5.97 Å². The molecular weight excluding hydrogens is 308 g/mol. The van der Waals surface area contributed by atoms with Crippen LogP contribution in [0.4, 0.5) is 0 Å². The minimum absolute atomic E-state index is 0.00234. The van der Waals surface area contributed by atoms with Gasteiger partial charge in [-0.15, -0.1) is 10.2 Å². The lowest BCUT2D eigenvalue weighted by atomic mass is 10.2. The van der Waals surface area contributed by atoms with Crippen LogP contribution in [0.1, 0.15) is 31.2 Å². The molecule has 2 rings (SSSR count). The van der Waals surface area contributed by atoms with Crippen molar-refractivity contribution in [1.82, 2.24) is 20.0 Å². The van der Waals surface area contributed by atoms with Crippen LogP contribution in [0.3, 0.4) is 0 Å². The first kappa shape index (κ1) is 16.0. The lowest BCUT2D eigenvalue weighted by Gasteiger charge is -2.02. The van der Waals surface area contributed by atoms with E-state index in [-0.39, 0.29) is 5.75 Å². The average molecular weight is 326 g/mol. The van der Waals surface area contributed by atoms with Crippen molar-refractivity contribution < 1.29 is 9.90 Å². The second-order valence-electron chi connectivity index (χ2n) is 4.68. The molecule has 0 unspecified atom stereocenters. The van der Waals surface area contributed by atoms with Gasteiger partial charge in [0, 0.05) is 12.2 Å². The number of rotatable bonds is 7. The molecule has 6 nitrogen and oxygen atoms in total. The SMILES string of the molecule is CCCCn1nc(C)c(-c2nnc(SCC(=O)O)s2)c1C. The molecule has 2 aromatic rings. The van der Waals surface area contributed by atoms with Crippen molar-refractivity contribution in [2.24, 2.45) is 0 Å². The normalized spacial score (nSPS) is 11.0. The van der Waals surface area contributed by atoms with Gasteiger partial charge < -0.3 is 5.11 Å². The topological polar surface area (TPSA) is 80.9 Å². The van der Waals surface area contributed by atoms with E-state index in [1.54, 1.807) is 0 Å². The Morgan fingerprint density at radius 3 is 2.81 bits per heavy atom. The quantitative estimate of drug-likeness (QED) is 0.788. The molecule has 1 N–H and O–H groups in total. The third-order valence-electron chi connectivity index (χ3n) is 3.04. The zero-order valence-electron chi connectivity index (χ0n) is 12.3. The van der Waals surface area contributed by atoms with Gasteiger partial charge in [0.1, 0.15) is 0 Å². The van der Waals surface area contributed by atoms with Gasteiger partial charge in [-0.3, -0.25) is 9.48 Å². The number of hydrogen-bond acceptors (Lipinski definition) is 6. The summed E-state index contributed by atoms with van der Waals surface area (Å²) in [6, 6.07) is 0. The largest absolute Gasteiger partial charge is 0.481 e. The van der Waals surface area contributed by atoms with Crippen LogP contribution in [0, 0.1) is 13.8 Å². The molecule has 0 aliphatic heterocycles. The average Bonchev–Trinajstić information content (AvgIpc) is 2.99. The summed E-state index contributed by atoms with van der Waals surface area (Å²) in [5.74, 6) is -0.848. The molecule has 114 valence electrons. The maximum atomic E-state index is 10.6. The minimum atomic E-state index is -0.850. The van der Waals surface area contributed by atoms with Gasteiger partial charge in [-0.1, -0.05) is 36.4 Å². The summed E-state index contributed by atoms with van der Waals surface area (Å²) >= 11 is 2.61. The van der Waals surface area contributed by atoms with Gasteiger partial charge in [0.25, 0.3) is 0 Å². The van der Waals surface area contributed by atoms with Crippen molar-refractivity contribution in [1.29, 1.82) is 0 Å². The highest BCUT2D eigenvalue weighted by atomic mass is 32.2. The van der Waals surface area contributed by atoms with Crippen LogP contribution in [-0.2, 0) is 11.3 Å². The van der Waals surface area contributed by atoms with Gasteiger partial charge in [0.15, 0.2) is 9.35 Å². The number of unbranched alkanes of at least 4 members (excludes halogenated alkanes) is 1. The van der Waals surface area contributed by atoms with Gasteiger partial charge in [-0.2, -0.15) is 5.10 Å². The standard InChI is InChI=1S/C13H18N4O2S2/c1-4-5-6-17-9(3)11(8(2)16-17)12-14-15-13(21-12)20-7-10(18)19/h4-7H2,1-3H3,(H,18,19). The molecule has 0 aliphatic rings. The fourth-order valence-electron chi connectivity index (χ4n) is 2.02. The summed E-state index contributed by atoms with van der Waals surface area (Å²) < 4.78 is 2.69. The van der Waals surface area contributed by atoms with Crippen LogP contribution in [0.25, 0.3) is 10.6 Å². The van der Waals surface area contributed by atoms with E-state index in [0.29, 0.717) is 4.34 Å². The van der Waals surface area contributed by atoms with Crippen molar-refractivity contribution in [2.75, 3.05) is 5.75 Å². The van der Waals surface area contributed by atoms with Crippen molar-refractivity contribution in [2.45, 2.75) is 44.5 Å². The fraction of sp³-hybridized carbons (Fsp3) is 0.538. The zero-order chi connectivity index (χ0) is 15.4. The van der Waals surface area contributed by atoms with Crippen LogP contribution >= 0.6 is 23.1 Å². The van der Waals surface area contributed by atoms with E-state index in [4.69, 9.17) is 5.11 Å². The molecule has 0 bridgehead atoms. The Bertz CT molecular complexity index is 636. The number of carboxylic acid groups (broad SMARTS) is 1. The first-order chi connectivity index (χ1) is 10.0. The molecule has 0 atom stereocenters. The molecule has 0 saturated carbocycles. The number of thioether (sulfide) groups is 1. The predicted octanol–water partition coefficient (Wildman–Crippen LogP) is 3.00. The van der Waals surface area contributed by atoms with Crippen LogP contribution < -0.4 is 0 Å². The van der Waals surface area contributed by atoms with Gasteiger partial charge in [-0.05, 0) is 20.3 Å². The second-order valence-corrected chi connectivity index (χ2v) is 6.88. The summed E-state index contributed by atoms with van der Waals surface area (Å²) in [6.07, 6.45) is 2.22. The Morgan fingerprint density at radius 2 is 2.14 bits per heavy atom. The van der Waals surface area contributed by atoms with Gasteiger partial charge in [0.2, 0.25) is 0 Å². The summed E-state index contributed by atoms with van der Waals surface area (Å²) in [4.78, 5) is 10.6. The lowest BCUT2D eigenvalue weighted by Crippen LogP contribution is -2.02. The zero-order valence-corrected chi connectivity index (χ0v) is 13.9. The Morgan fingerprint density at radius 1 is 1.38 bits per heavy atom. The van der Waals surface area contributed by atoms with Crippen LogP contribution in [0.5, 0.6) is 0 Å². The molecule has 0 saturated heterocycles. The summed E-state index contributed by atoms with van der Waals surface area (Å²) in [5, 5.41) is 22.3. The second kappa shape index (κ2) is 7.04. The van der Waals surface area contributed by atoms with E-state index in [1.807, 2.05) is 18.5 Å². The molecular formula is C13H18N4O2S2. The highest BCUT2D eigenvalue weighted by Gasteiger charge is 2.17. The number of aliphatic carboxylic acids is 1. The molecule has 0 aromatic carbocycles. The fourth-order valence-corrected chi connectivity index (χ4v) is 3.75. The number of hydrogen-bond donors (Lipinski definition) is 1. The van der Waals surface area contributed by atoms with E-state index in [0.717, 1.165) is 41.3 Å². The number of aryl methyl sites for hydroxylation is 2. The van der Waals surface area contributed by atoms with E-state index >= 15 is 0 Å². The Labute approximate surface area is 131 Å². The summed E-state index contributed by atoms with van der Waals surface area (Å²) in [5.41, 5.74) is 3.05. The molecule has 8 heteroatoms. The number of nitrogens with zero attached hydrogens (tertiary/aromatic N) is 4. The smallest absolute Gasteiger partial charge is 0.313 e. The highest BCUT2D eigenvalue weighted by molar-refractivity contribution is 8.01. The number of carboxylic acids is 1. The highest BCUT2D eigenvalue weighted by Crippen LogP contribution is 2.33. The number of aromatic nitrogens is 4. The third-order valence-corrected chi connectivity index (χ3v) is 5.10. The lowest BCUT2D eigenvalue weighted by molar-refractivity contribution is -0.133. The van der Waals surface area contributed by atoms with Crippen LogP contribution in [0.15, 0.2) is 4.34 Å².